The fourth-order valence-corrected chi connectivity index (χ4v) is 2.44. The Morgan fingerprint density at radius 2 is 1.86 bits per heavy atom. The Labute approximate surface area is 123 Å². The third-order valence-electron chi connectivity index (χ3n) is 3.70. The van der Waals surface area contributed by atoms with Crippen molar-refractivity contribution in [1.29, 1.82) is 0 Å². The highest BCUT2D eigenvalue weighted by atomic mass is 19.1. The first-order chi connectivity index (χ1) is 10.2. The summed E-state index contributed by atoms with van der Waals surface area (Å²) in [6, 6.07) is 14.5. The molecule has 1 aromatic heterocycles. The number of hydrogen-bond donors (Lipinski definition) is 1. The molecule has 1 unspecified atom stereocenters. The molecule has 0 fully saturated rings. The van der Waals surface area contributed by atoms with Crippen LogP contribution in [0.2, 0.25) is 0 Å². The van der Waals surface area contributed by atoms with Crippen molar-refractivity contribution in [3.63, 3.8) is 0 Å². The summed E-state index contributed by atoms with van der Waals surface area (Å²) in [5.74, 6) is 0.590. The molecule has 0 aliphatic rings. The lowest BCUT2D eigenvalue weighted by molar-refractivity contribution is 0.551. The second-order valence-electron chi connectivity index (χ2n) is 5.21. The number of rotatable bonds is 4. The van der Waals surface area contributed by atoms with Crippen LogP contribution in [0.5, 0.6) is 0 Å². The van der Waals surface area contributed by atoms with Crippen LogP contribution in [-0.2, 0) is 6.54 Å². The molecule has 1 heterocycles. The molecule has 108 valence electrons. The van der Waals surface area contributed by atoms with Crippen LogP contribution >= 0.6 is 0 Å². The standard InChI is InChI=1S/C17H18FN3/c1-2-14(19)11-21-16-6-4-3-5-15(16)20-17(21)12-7-9-13(18)10-8-12/h3-10,14H,2,11,19H2,1H3. The molecule has 0 amide bonds. The molecule has 3 rings (SSSR count). The lowest BCUT2D eigenvalue weighted by atomic mass is 10.2. The smallest absolute Gasteiger partial charge is 0.141 e. The zero-order valence-corrected chi connectivity index (χ0v) is 12.0. The first-order valence-corrected chi connectivity index (χ1v) is 7.16. The number of nitrogens with zero attached hydrogens (tertiary/aromatic N) is 2. The lowest BCUT2D eigenvalue weighted by Crippen LogP contribution is -2.25. The van der Waals surface area contributed by atoms with E-state index in [-0.39, 0.29) is 11.9 Å². The molecular weight excluding hydrogens is 265 g/mol. The lowest BCUT2D eigenvalue weighted by Gasteiger charge is -2.14. The molecule has 1 atom stereocenters. The van der Waals surface area contributed by atoms with E-state index in [2.05, 4.69) is 16.5 Å². The van der Waals surface area contributed by atoms with E-state index in [9.17, 15) is 4.39 Å². The van der Waals surface area contributed by atoms with Gasteiger partial charge in [-0.2, -0.15) is 0 Å². The Morgan fingerprint density at radius 1 is 1.14 bits per heavy atom. The van der Waals surface area contributed by atoms with Gasteiger partial charge in [-0.25, -0.2) is 9.37 Å². The number of fused-ring (bicyclic) bond motifs is 1. The predicted octanol–water partition coefficient (Wildman–Crippen LogP) is 3.58. The van der Waals surface area contributed by atoms with Crippen LogP contribution < -0.4 is 5.73 Å². The van der Waals surface area contributed by atoms with Gasteiger partial charge in [-0.15, -0.1) is 0 Å². The van der Waals surface area contributed by atoms with Crippen LogP contribution in [0.25, 0.3) is 22.4 Å². The molecule has 3 nitrogen and oxygen atoms in total. The average molecular weight is 283 g/mol. The van der Waals surface area contributed by atoms with Crippen LogP contribution in [0, 0.1) is 5.82 Å². The molecule has 21 heavy (non-hydrogen) atoms. The number of hydrogen-bond acceptors (Lipinski definition) is 2. The number of para-hydroxylation sites is 2. The Bertz CT molecular complexity index is 746. The summed E-state index contributed by atoms with van der Waals surface area (Å²) in [7, 11) is 0. The maximum absolute atomic E-state index is 13.1. The minimum atomic E-state index is -0.244. The van der Waals surface area contributed by atoms with Crippen molar-refractivity contribution in [3.8, 4) is 11.4 Å². The minimum absolute atomic E-state index is 0.0711. The van der Waals surface area contributed by atoms with Crippen molar-refractivity contribution in [2.45, 2.75) is 25.9 Å². The molecular formula is C17H18FN3. The molecule has 0 bridgehead atoms. The fourth-order valence-electron chi connectivity index (χ4n) is 2.44. The first-order valence-electron chi connectivity index (χ1n) is 7.16. The molecule has 0 saturated carbocycles. The van der Waals surface area contributed by atoms with Crippen LogP contribution in [0.4, 0.5) is 4.39 Å². The van der Waals surface area contributed by atoms with E-state index >= 15 is 0 Å². The summed E-state index contributed by atoms with van der Waals surface area (Å²) >= 11 is 0. The molecule has 2 N–H and O–H groups in total. The molecule has 4 heteroatoms. The molecule has 0 saturated heterocycles. The molecule has 0 aliphatic heterocycles. The van der Waals surface area contributed by atoms with Crippen molar-refractivity contribution < 1.29 is 4.39 Å². The van der Waals surface area contributed by atoms with Gasteiger partial charge in [-0.05, 0) is 42.8 Å². The van der Waals surface area contributed by atoms with E-state index in [1.165, 1.54) is 12.1 Å². The largest absolute Gasteiger partial charge is 0.326 e. The minimum Gasteiger partial charge on any atom is -0.326 e. The summed E-state index contributed by atoms with van der Waals surface area (Å²) in [6.45, 7) is 2.77. The highest BCUT2D eigenvalue weighted by molar-refractivity contribution is 5.80. The zero-order valence-electron chi connectivity index (χ0n) is 12.0. The summed E-state index contributed by atoms with van der Waals surface area (Å²) in [4.78, 5) is 4.68. The van der Waals surface area contributed by atoms with Crippen molar-refractivity contribution >= 4 is 11.0 Å². The van der Waals surface area contributed by atoms with Crippen LogP contribution in [0.15, 0.2) is 48.5 Å². The van der Waals surface area contributed by atoms with E-state index in [0.29, 0.717) is 6.54 Å². The second-order valence-corrected chi connectivity index (χ2v) is 5.21. The third kappa shape index (κ3) is 2.67. The number of benzene rings is 2. The van der Waals surface area contributed by atoms with Crippen molar-refractivity contribution in [3.05, 3.63) is 54.3 Å². The Morgan fingerprint density at radius 3 is 2.57 bits per heavy atom. The molecule has 0 spiro atoms. The van der Waals surface area contributed by atoms with Gasteiger partial charge < -0.3 is 10.3 Å². The Hall–Kier alpha value is -2.20. The topological polar surface area (TPSA) is 43.8 Å². The second kappa shape index (κ2) is 5.66. The van der Waals surface area contributed by atoms with Gasteiger partial charge in [0.15, 0.2) is 0 Å². The van der Waals surface area contributed by atoms with Gasteiger partial charge in [0, 0.05) is 18.2 Å². The SMILES string of the molecule is CCC(N)Cn1c(-c2ccc(F)cc2)nc2ccccc21. The highest BCUT2D eigenvalue weighted by Crippen LogP contribution is 2.25. The fraction of sp³-hybridized carbons (Fsp3) is 0.235. The van der Waals surface area contributed by atoms with Gasteiger partial charge in [-0.3, -0.25) is 0 Å². The van der Waals surface area contributed by atoms with Gasteiger partial charge in [0.25, 0.3) is 0 Å². The molecule has 0 aliphatic carbocycles. The monoisotopic (exact) mass is 283 g/mol. The van der Waals surface area contributed by atoms with Crippen molar-refractivity contribution in [2.75, 3.05) is 0 Å². The Kier molecular flexibility index (Phi) is 3.71. The van der Waals surface area contributed by atoms with Crippen LogP contribution in [0.3, 0.4) is 0 Å². The van der Waals surface area contributed by atoms with E-state index < -0.39 is 0 Å². The Balaban J connectivity index is 2.16. The van der Waals surface area contributed by atoms with E-state index in [1.807, 2.05) is 24.3 Å². The normalized spacial score (nSPS) is 12.7. The maximum atomic E-state index is 13.1. The van der Waals surface area contributed by atoms with Gasteiger partial charge in [0.1, 0.15) is 11.6 Å². The first kappa shape index (κ1) is 13.8. The highest BCUT2D eigenvalue weighted by Gasteiger charge is 2.14. The number of halogens is 1. The number of imidazole rings is 1. The van der Waals surface area contributed by atoms with Gasteiger partial charge in [0.05, 0.1) is 11.0 Å². The van der Waals surface area contributed by atoms with Crippen molar-refractivity contribution in [1.82, 2.24) is 9.55 Å². The third-order valence-corrected chi connectivity index (χ3v) is 3.70. The van der Waals surface area contributed by atoms with E-state index in [1.54, 1.807) is 12.1 Å². The quantitative estimate of drug-likeness (QED) is 0.795. The predicted molar refractivity (Wildman–Crippen MR) is 83.4 cm³/mol. The summed E-state index contributed by atoms with van der Waals surface area (Å²) in [5, 5.41) is 0. The maximum Gasteiger partial charge on any atom is 0.141 e. The molecule has 0 radical (unpaired) electrons. The van der Waals surface area contributed by atoms with Gasteiger partial charge in [0.2, 0.25) is 0 Å². The van der Waals surface area contributed by atoms with Crippen molar-refractivity contribution in [2.24, 2.45) is 5.73 Å². The summed E-state index contributed by atoms with van der Waals surface area (Å²) in [5.41, 5.74) is 9.00. The molecule has 2 aromatic carbocycles. The number of aromatic nitrogens is 2. The molecule has 3 aromatic rings. The van der Waals surface area contributed by atoms with E-state index in [0.717, 1.165) is 28.8 Å². The van der Waals surface area contributed by atoms with Crippen LogP contribution in [-0.4, -0.2) is 15.6 Å². The van der Waals surface area contributed by atoms with Gasteiger partial charge in [-0.1, -0.05) is 19.1 Å². The van der Waals surface area contributed by atoms with Gasteiger partial charge >= 0.3 is 0 Å². The summed E-state index contributed by atoms with van der Waals surface area (Å²) < 4.78 is 15.2. The number of nitrogens with two attached hydrogens (primary N) is 1. The average Bonchev–Trinajstić information content (AvgIpc) is 2.87. The van der Waals surface area contributed by atoms with Crippen LogP contribution in [0.1, 0.15) is 13.3 Å². The summed E-state index contributed by atoms with van der Waals surface area (Å²) in [6.07, 6.45) is 0.898. The zero-order chi connectivity index (χ0) is 14.8. The van der Waals surface area contributed by atoms with E-state index in [4.69, 9.17) is 5.73 Å².